The van der Waals surface area contributed by atoms with Gasteiger partial charge in [-0.2, -0.15) is 0 Å². The first kappa shape index (κ1) is 17.2. The molecule has 2 aromatic heterocycles. The van der Waals surface area contributed by atoms with Crippen LogP contribution in [0, 0.1) is 5.41 Å². The Bertz CT molecular complexity index is 1000. The van der Waals surface area contributed by atoms with Gasteiger partial charge in [0.2, 0.25) is 11.8 Å². The van der Waals surface area contributed by atoms with Crippen molar-refractivity contribution in [2.24, 2.45) is 12.5 Å². The maximum absolute atomic E-state index is 12.7. The van der Waals surface area contributed by atoms with Crippen molar-refractivity contribution in [3.8, 4) is 11.5 Å². The van der Waals surface area contributed by atoms with Gasteiger partial charge >= 0.3 is 0 Å². The van der Waals surface area contributed by atoms with Gasteiger partial charge in [0.15, 0.2) is 0 Å². The van der Waals surface area contributed by atoms with E-state index in [0.29, 0.717) is 11.8 Å². The van der Waals surface area contributed by atoms with Gasteiger partial charge in [-0.15, -0.1) is 10.2 Å². The smallest absolute Gasteiger partial charge is 0.270 e. The van der Waals surface area contributed by atoms with Crippen molar-refractivity contribution >= 4 is 5.91 Å². The molecule has 2 aliphatic rings. The molecule has 0 bridgehead atoms. The molecule has 1 unspecified atom stereocenters. The maximum atomic E-state index is 12.7. The summed E-state index contributed by atoms with van der Waals surface area (Å²) in [6.07, 6.45) is 2.83. The molecule has 2 fully saturated rings. The van der Waals surface area contributed by atoms with Crippen molar-refractivity contribution in [3.05, 3.63) is 60.2 Å². The number of carbonyl (C=O) groups is 1. The van der Waals surface area contributed by atoms with Gasteiger partial charge in [0.1, 0.15) is 5.69 Å². The lowest BCUT2D eigenvalue weighted by Crippen LogP contribution is -2.59. The number of benzene rings is 1. The van der Waals surface area contributed by atoms with E-state index in [1.165, 1.54) is 0 Å². The SMILES string of the molecule is CN1CC2(CC1c1nnc(-c3ccccc3)o1)CN(C(=O)c1cccn1C)C2. The molecule has 7 heteroatoms. The van der Waals surface area contributed by atoms with Gasteiger partial charge in [0.05, 0.1) is 6.04 Å². The van der Waals surface area contributed by atoms with E-state index in [1.54, 1.807) is 0 Å². The van der Waals surface area contributed by atoms with E-state index >= 15 is 0 Å². The standard InChI is InChI=1S/C21H23N5O2/c1-24-10-6-9-16(24)20(27)26-13-21(14-26)11-17(25(2)12-21)19-23-22-18(28-19)15-7-4-3-5-8-15/h3-10,17H,11-14H2,1-2H3. The predicted molar refractivity (Wildman–Crippen MR) is 103 cm³/mol. The van der Waals surface area contributed by atoms with Gasteiger partial charge < -0.3 is 13.9 Å². The van der Waals surface area contributed by atoms with Crippen LogP contribution in [0.25, 0.3) is 11.5 Å². The van der Waals surface area contributed by atoms with Crippen LogP contribution < -0.4 is 0 Å². The van der Waals surface area contributed by atoms with Crippen LogP contribution in [0.3, 0.4) is 0 Å². The van der Waals surface area contributed by atoms with Crippen LogP contribution in [0.1, 0.15) is 28.8 Å². The third kappa shape index (κ3) is 2.74. The van der Waals surface area contributed by atoms with E-state index < -0.39 is 0 Å². The highest BCUT2D eigenvalue weighted by atomic mass is 16.4. The molecule has 1 spiro atoms. The van der Waals surface area contributed by atoms with Crippen molar-refractivity contribution in [1.82, 2.24) is 24.6 Å². The van der Waals surface area contributed by atoms with Crippen LogP contribution >= 0.6 is 0 Å². The summed E-state index contributed by atoms with van der Waals surface area (Å²) in [5.41, 5.74) is 1.78. The van der Waals surface area contributed by atoms with Crippen LogP contribution in [-0.2, 0) is 7.05 Å². The Labute approximate surface area is 163 Å². The van der Waals surface area contributed by atoms with E-state index in [4.69, 9.17) is 4.42 Å². The topological polar surface area (TPSA) is 67.4 Å². The lowest BCUT2D eigenvalue weighted by atomic mass is 9.77. The zero-order valence-corrected chi connectivity index (χ0v) is 16.1. The van der Waals surface area contributed by atoms with E-state index in [1.807, 2.05) is 65.2 Å². The lowest BCUT2D eigenvalue weighted by Gasteiger charge is -2.48. The fourth-order valence-corrected chi connectivity index (χ4v) is 4.59. The van der Waals surface area contributed by atoms with Crippen LogP contribution in [0.4, 0.5) is 0 Å². The number of carbonyl (C=O) groups excluding carboxylic acids is 1. The molecular formula is C21H23N5O2. The van der Waals surface area contributed by atoms with Crippen LogP contribution in [0.2, 0.25) is 0 Å². The van der Waals surface area contributed by atoms with E-state index in [2.05, 4.69) is 22.1 Å². The van der Waals surface area contributed by atoms with Gasteiger partial charge in [-0.1, -0.05) is 18.2 Å². The number of aryl methyl sites for hydroxylation is 1. The normalized spacial score (nSPS) is 21.2. The molecular weight excluding hydrogens is 354 g/mol. The first-order chi connectivity index (χ1) is 13.5. The Hall–Kier alpha value is -2.93. The molecule has 4 heterocycles. The first-order valence-corrected chi connectivity index (χ1v) is 9.54. The van der Waals surface area contributed by atoms with Gasteiger partial charge in [0.25, 0.3) is 5.91 Å². The molecule has 1 amide bonds. The summed E-state index contributed by atoms with van der Waals surface area (Å²) in [7, 11) is 4.00. The molecule has 28 heavy (non-hydrogen) atoms. The van der Waals surface area contributed by atoms with Crippen molar-refractivity contribution in [1.29, 1.82) is 0 Å². The minimum Gasteiger partial charge on any atom is -0.419 e. The van der Waals surface area contributed by atoms with Gasteiger partial charge in [-0.3, -0.25) is 9.69 Å². The number of amides is 1. The van der Waals surface area contributed by atoms with Gasteiger partial charge in [-0.05, 0) is 37.7 Å². The third-order valence-corrected chi connectivity index (χ3v) is 5.99. The number of rotatable bonds is 3. The predicted octanol–water partition coefficient (Wildman–Crippen LogP) is 2.59. The summed E-state index contributed by atoms with van der Waals surface area (Å²) in [5, 5.41) is 8.55. The molecule has 0 saturated carbocycles. The average molecular weight is 377 g/mol. The number of likely N-dealkylation sites (tertiary alicyclic amines) is 2. The molecule has 0 N–H and O–H groups in total. The van der Waals surface area contributed by atoms with Crippen LogP contribution in [0.15, 0.2) is 53.1 Å². The Balaban J connectivity index is 1.28. The van der Waals surface area contributed by atoms with Gasteiger partial charge in [0, 0.05) is 43.9 Å². The summed E-state index contributed by atoms with van der Waals surface area (Å²) in [6, 6.07) is 13.7. The molecule has 2 aliphatic heterocycles. The number of hydrogen-bond acceptors (Lipinski definition) is 5. The molecule has 1 aromatic carbocycles. The molecule has 2 saturated heterocycles. The molecule has 5 rings (SSSR count). The molecule has 0 aliphatic carbocycles. The van der Waals surface area contributed by atoms with E-state index in [9.17, 15) is 4.79 Å². The van der Waals surface area contributed by atoms with Crippen molar-refractivity contribution in [2.75, 3.05) is 26.7 Å². The second kappa shape index (κ2) is 6.31. The van der Waals surface area contributed by atoms with E-state index in [-0.39, 0.29) is 17.4 Å². The zero-order valence-electron chi connectivity index (χ0n) is 16.1. The zero-order chi connectivity index (χ0) is 19.3. The molecule has 1 atom stereocenters. The molecule has 144 valence electrons. The van der Waals surface area contributed by atoms with Gasteiger partial charge in [-0.25, -0.2) is 0 Å². The Morgan fingerprint density at radius 2 is 1.86 bits per heavy atom. The van der Waals surface area contributed by atoms with Crippen molar-refractivity contribution < 1.29 is 9.21 Å². The molecule has 0 radical (unpaired) electrons. The highest BCUT2D eigenvalue weighted by Crippen LogP contribution is 2.47. The number of hydrogen-bond donors (Lipinski definition) is 0. The summed E-state index contributed by atoms with van der Waals surface area (Å²) in [5.74, 6) is 1.32. The monoisotopic (exact) mass is 377 g/mol. The first-order valence-electron chi connectivity index (χ1n) is 9.54. The van der Waals surface area contributed by atoms with E-state index in [0.717, 1.165) is 37.3 Å². The number of aromatic nitrogens is 3. The number of nitrogens with zero attached hydrogens (tertiary/aromatic N) is 5. The van der Waals surface area contributed by atoms with Crippen molar-refractivity contribution in [3.63, 3.8) is 0 Å². The minimum atomic E-state index is 0.0947. The Morgan fingerprint density at radius 1 is 1.07 bits per heavy atom. The highest BCUT2D eigenvalue weighted by Gasteiger charge is 2.53. The fourth-order valence-electron chi connectivity index (χ4n) is 4.59. The fraction of sp³-hybridized carbons (Fsp3) is 0.381. The van der Waals surface area contributed by atoms with Crippen LogP contribution in [0.5, 0.6) is 0 Å². The largest absolute Gasteiger partial charge is 0.419 e. The summed E-state index contributed by atoms with van der Waals surface area (Å²) in [6.45, 7) is 2.48. The highest BCUT2D eigenvalue weighted by molar-refractivity contribution is 5.93. The Morgan fingerprint density at radius 3 is 2.57 bits per heavy atom. The minimum absolute atomic E-state index is 0.0947. The second-order valence-electron chi connectivity index (χ2n) is 8.11. The maximum Gasteiger partial charge on any atom is 0.270 e. The summed E-state index contributed by atoms with van der Waals surface area (Å²) < 4.78 is 7.86. The Kier molecular flexibility index (Phi) is 3.87. The average Bonchev–Trinajstić information content (AvgIpc) is 3.39. The molecule has 7 nitrogen and oxygen atoms in total. The molecule has 3 aromatic rings. The lowest BCUT2D eigenvalue weighted by molar-refractivity contribution is 0.0107. The third-order valence-electron chi connectivity index (χ3n) is 5.99. The quantitative estimate of drug-likeness (QED) is 0.702. The van der Waals surface area contributed by atoms with Crippen LogP contribution in [-0.4, -0.2) is 57.2 Å². The second-order valence-corrected chi connectivity index (χ2v) is 8.11. The summed E-state index contributed by atoms with van der Waals surface area (Å²) >= 11 is 0. The summed E-state index contributed by atoms with van der Waals surface area (Å²) in [4.78, 5) is 16.9. The van der Waals surface area contributed by atoms with Crippen molar-refractivity contribution in [2.45, 2.75) is 12.5 Å².